The van der Waals surface area contributed by atoms with Gasteiger partial charge in [-0.1, -0.05) is 30.9 Å². The van der Waals surface area contributed by atoms with Gasteiger partial charge in [-0.15, -0.1) is 0 Å². The topological polar surface area (TPSA) is 33.5 Å². The van der Waals surface area contributed by atoms with Gasteiger partial charge in [0.25, 0.3) is 5.91 Å². The van der Waals surface area contributed by atoms with E-state index in [0.29, 0.717) is 21.7 Å². The van der Waals surface area contributed by atoms with Gasteiger partial charge in [-0.3, -0.25) is 9.69 Å². The Morgan fingerprint density at radius 3 is 2.89 bits per heavy atom. The van der Waals surface area contributed by atoms with Gasteiger partial charge in [0.05, 0.1) is 4.91 Å². The van der Waals surface area contributed by atoms with Crippen LogP contribution in [0.15, 0.2) is 21.5 Å². The predicted molar refractivity (Wildman–Crippen MR) is 80.8 cm³/mol. The Bertz CT molecular complexity index is 576. The Hall–Kier alpha value is -1.07. The molecule has 0 unspecified atom stereocenters. The number of thioether (sulfide) groups is 1. The van der Waals surface area contributed by atoms with Crippen molar-refractivity contribution in [2.45, 2.75) is 26.2 Å². The summed E-state index contributed by atoms with van der Waals surface area (Å²) in [6.45, 7) is 4.76. The van der Waals surface area contributed by atoms with E-state index in [1.807, 2.05) is 19.1 Å². The third-order valence-corrected chi connectivity index (χ3v) is 4.96. The molecule has 3 nitrogen and oxygen atoms in total. The number of hydrogen-bond donors (Lipinski definition) is 0. The summed E-state index contributed by atoms with van der Waals surface area (Å²) in [4.78, 5) is 14.3. The molecule has 1 amide bonds. The molecule has 1 aromatic rings. The van der Waals surface area contributed by atoms with Crippen LogP contribution >= 0.6 is 24.0 Å². The van der Waals surface area contributed by atoms with Crippen LogP contribution in [0.1, 0.15) is 37.7 Å². The molecule has 1 saturated heterocycles. The molecule has 5 heteroatoms. The summed E-state index contributed by atoms with van der Waals surface area (Å²) in [7, 11) is 0. The first-order valence-corrected chi connectivity index (χ1v) is 7.67. The molecule has 0 bridgehead atoms. The third-order valence-electron chi connectivity index (χ3n) is 3.59. The number of nitrogens with zero attached hydrogens (tertiary/aromatic N) is 1. The molecule has 2 aliphatic rings. The van der Waals surface area contributed by atoms with Gasteiger partial charge in [0.1, 0.15) is 15.8 Å². The lowest BCUT2D eigenvalue weighted by Crippen LogP contribution is -2.27. The largest absolute Gasteiger partial charge is 0.461 e. The maximum Gasteiger partial charge on any atom is 0.266 e. The van der Waals surface area contributed by atoms with Gasteiger partial charge in [-0.05, 0) is 31.4 Å². The smallest absolute Gasteiger partial charge is 0.266 e. The fourth-order valence-electron chi connectivity index (χ4n) is 2.27. The molecule has 19 heavy (non-hydrogen) atoms. The molecule has 3 rings (SSSR count). The molecule has 1 saturated carbocycles. The zero-order valence-corrected chi connectivity index (χ0v) is 12.5. The summed E-state index contributed by atoms with van der Waals surface area (Å²) in [6.07, 6.45) is 3.00. The van der Waals surface area contributed by atoms with Crippen molar-refractivity contribution in [3.63, 3.8) is 0 Å². The minimum absolute atomic E-state index is 0.0183. The molecule has 0 aromatic carbocycles. The van der Waals surface area contributed by atoms with Crippen molar-refractivity contribution in [2.75, 3.05) is 6.54 Å². The van der Waals surface area contributed by atoms with Crippen molar-refractivity contribution >= 4 is 40.3 Å². The van der Waals surface area contributed by atoms with Gasteiger partial charge in [0.2, 0.25) is 0 Å². The number of furan rings is 1. The molecule has 0 N–H and O–H groups in total. The zero-order valence-electron chi connectivity index (χ0n) is 10.9. The summed E-state index contributed by atoms with van der Waals surface area (Å²) in [5, 5.41) is 0. The summed E-state index contributed by atoms with van der Waals surface area (Å²) >= 11 is 6.52. The normalized spacial score (nSPS) is 28.5. The van der Waals surface area contributed by atoms with Crippen molar-refractivity contribution in [3.8, 4) is 0 Å². The van der Waals surface area contributed by atoms with E-state index in [-0.39, 0.29) is 5.91 Å². The number of carbonyl (C=O) groups excluding carboxylic acids is 1. The van der Waals surface area contributed by atoms with Crippen LogP contribution in [-0.4, -0.2) is 21.7 Å². The minimum atomic E-state index is -0.0183. The van der Waals surface area contributed by atoms with E-state index in [1.54, 1.807) is 11.0 Å². The number of thiocarbonyl (C=S) groups is 1. The summed E-state index contributed by atoms with van der Waals surface area (Å²) in [5.41, 5.74) is 0. The molecule has 1 aliphatic carbocycles. The van der Waals surface area contributed by atoms with Gasteiger partial charge >= 0.3 is 0 Å². The monoisotopic (exact) mass is 293 g/mol. The highest BCUT2D eigenvalue weighted by Crippen LogP contribution is 2.47. The van der Waals surface area contributed by atoms with Crippen LogP contribution in [0.3, 0.4) is 0 Å². The average Bonchev–Trinajstić information content (AvgIpc) is 2.83. The van der Waals surface area contributed by atoms with Gasteiger partial charge in [-0.25, -0.2) is 0 Å². The Morgan fingerprint density at radius 1 is 1.58 bits per heavy atom. The second-order valence-electron chi connectivity index (χ2n) is 4.99. The van der Waals surface area contributed by atoms with Crippen LogP contribution in [-0.2, 0) is 4.79 Å². The van der Waals surface area contributed by atoms with Gasteiger partial charge in [0.15, 0.2) is 0 Å². The van der Waals surface area contributed by atoms with Gasteiger partial charge in [-0.2, -0.15) is 0 Å². The highest BCUT2D eigenvalue weighted by atomic mass is 32.2. The van der Waals surface area contributed by atoms with E-state index >= 15 is 0 Å². The first kappa shape index (κ1) is 12.9. The molecular weight excluding hydrogens is 278 g/mol. The first-order valence-electron chi connectivity index (χ1n) is 6.45. The third kappa shape index (κ3) is 2.37. The number of rotatable bonds is 3. The Kier molecular flexibility index (Phi) is 3.27. The molecule has 0 spiro atoms. The van der Waals surface area contributed by atoms with Crippen LogP contribution in [0.4, 0.5) is 0 Å². The van der Waals surface area contributed by atoms with Crippen molar-refractivity contribution in [3.05, 3.63) is 28.6 Å². The first-order chi connectivity index (χ1) is 9.10. The zero-order chi connectivity index (χ0) is 13.6. The summed E-state index contributed by atoms with van der Waals surface area (Å²) < 4.78 is 6.41. The lowest BCUT2D eigenvalue weighted by atomic mass is 10.3. The highest BCUT2D eigenvalue weighted by Gasteiger charge is 2.36. The molecule has 1 aliphatic heterocycles. The van der Waals surface area contributed by atoms with Crippen LogP contribution in [0, 0.1) is 5.92 Å². The van der Waals surface area contributed by atoms with Crippen molar-refractivity contribution in [2.24, 2.45) is 5.92 Å². The van der Waals surface area contributed by atoms with Crippen LogP contribution in [0.2, 0.25) is 0 Å². The highest BCUT2D eigenvalue weighted by molar-refractivity contribution is 8.26. The maximum absolute atomic E-state index is 12.1. The SMILES string of the molecule is CCN1C(=O)/C(=C/c2ccc([C@H]3C[C@@H]3C)o2)SC1=S. The van der Waals surface area contributed by atoms with E-state index in [4.69, 9.17) is 16.6 Å². The van der Waals surface area contributed by atoms with Crippen LogP contribution in [0.5, 0.6) is 0 Å². The van der Waals surface area contributed by atoms with Gasteiger partial charge < -0.3 is 4.42 Å². The van der Waals surface area contributed by atoms with Crippen molar-refractivity contribution in [1.82, 2.24) is 4.90 Å². The fourth-order valence-corrected chi connectivity index (χ4v) is 3.63. The number of likely N-dealkylation sites (N-methyl/N-ethyl adjacent to an activating group) is 1. The molecule has 0 radical (unpaired) electrons. The number of hydrogen-bond acceptors (Lipinski definition) is 4. The second-order valence-corrected chi connectivity index (χ2v) is 6.66. The van der Waals surface area contributed by atoms with Crippen LogP contribution in [0.25, 0.3) is 6.08 Å². The van der Waals surface area contributed by atoms with Gasteiger partial charge in [0, 0.05) is 18.5 Å². The molecule has 2 atom stereocenters. The van der Waals surface area contributed by atoms with E-state index in [0.717, 1.165) is 17.4 Å². The number of amides is 1. The van der Waals surface area contributed by atoms with E-state index in [1.165, 1.54) is 18.2 Å². The van der Waals surface area contributed by atoms with E-state index in [2.05, 4.69) is 6.92 Å². The second kappa shape index (κ2) is 4.80. The molecule has 2 heterocycles. The molecular formula is C14H15NO2S2. The number of carbonyl (C=O) groups is 1. The molecule has 1 aromatic heterocycles. The Balaban J connectivity index is 1.80. The van der Waals surface area contributed by atoms with E-state index in [9.17, 15) is 4.79 Å². The summed E-state index contributed by atoms with van der Waals surface area (Å²) in [6, 6.07) is 3.94. The molecule has 100 valence electrons. The quantitative estimate of drug-likeness (QED) is 0.629. The minimum Gasteiger partial charge on any atom is -0.461 e. The van der Waals surface area contributed by atoms with Crippen LogP contribution < -0.4 is 0 Å². The predicted octanol–water partition coefficient (Wildman–Crippen LogP) is 3.62. The van der Waals surface area contributed by atoms with Crippen molar-refractivity contribution in [1.29, 1.82) is 0 Å². The van der Waals surface area contributed by atoms with E-state index < -0.39 is 0 Å². The maximum atomic E-state index is 12.1. The fraction of sp³-hybridized carbons (Fsp3) is 0.429. The van der Waals surface area contributed by atoms with Crippen molar-refractivity contribution < 1.29 is 9.21 Å². The average molecular weight is 293 g/mol. The summed E-state index contributed by atoms with van der Waals surface area (Å²) in [5.74, 6) is 3.04. The Morgan fingerprint density at radius 2 is 2.32 bits per heavy atom. The standard InChI is InChI=1S/C14H15NO2S2/c1-3-15-13(16)12(19-14(15)18)7-9-4-5-11(17-9)10-6-8(10)2/h4-5,7-8,10H,3,6H2,1-2H3/b12-7-/t8-,10-/m0/s1. The lowest BCUT2D eigenvalue weighted by molar-refractivity contribution is -0.121. The Labute approximate surface area is 122 Å². The molecule has 2 fully saturated rings. The lowest BCUT2D eigenvalue weighted by Gasteiger charge is -2.09.